The highest BCUT2D eigenvalue weighted by Gasteiger charge is 2.18. The number of thioether (sulfide) groups is 1. The zero-order valence-corrected chi connectivity index (χ0v) is 17.0. The van der Waals surface area contributed by atoms with Crippen LogP contribution in [0.2, 0.25) is 0 Å². The van der Waals surface area contributed by atoms with Crippen molar-refractivity contribution in [3.63, 3.8) is 0 Å². The number of benzene rings is 1. The van der Waals surface area contributed by atoms with Crippen LogP contribution in [0.5, 0.6) is 0 Å². The number of anilines is 2. The SMILES string of the molecule is OCCSCc1cc(N2CCOCC2)nc(-c2ccc(NC3CCC3)cc2)n1. The highest BCUT2D eigenvalue weighted by atomic mass is 32.2. The van der Waals surface area contributed by atoms with Gasteiger partial charge in [0, 0.05) is 48.0 Å². The molecular formula is C21H28N4O2S. The van der Waals surface area contributed by atoms with Gasteiger partial charge in [-0.15, -0.1) is 0 Å². The van der Waals surface area contributed by atoms with Gasteiger partial charge < -0.3 is 20.1 Å². The number of aromatic nitrogens is 2. The lowest BCUT2D eigenvalue weighted by Crippen LogP contribution is -2.37. The molecule has 6 nitrogen and oxygen atoms in total. The van der Waals surface area contributed by atoms with Crippen molar-refractivity contribution < 1.29 is 9.84 Å². The molecule has 150 valence electrons. The lowest BCUT2D eigenvalue weighted by molar-refractivity contribution is 0.122. The van der Waals surface area contributed by atoms with Gasteiger partial charge in [0.05, 0.1) is 25.5 Å². The predicted octanol–water partition coefficient (Wildman–Crippen LogP) is 3.17. The molecule has 4 rings (SSSR count). The number of nitrogens with one attached hydrogen (secondary N) is 1. The quantitative estimate of drug-likeness (QED) is 0.660. The van der Waals surface area contributed by atoms with E-state index in [0.717, 1.165) is 60.6 Å². The minimum absolute atomic E-state index is 0.189. The normalized spacial score (nSPS) is 17.4. The minimum atomic E-state index is 0.189. The molecule has 1 saturated heterocycles. The second kappa shape index (κ2) is 9.58. The predicted molar refractivity (Wildman–Crippen MR) is 115 cm³/mol. The van der Waals surface area contributed by atoms with E-state index in [4.69, 9.17) is 19.8 Å². The number of rotatable bonds is 8. The van der Waals surface area contributed by atoms with Crippen molar-refractivity contribution in [2.24, 2.45) is 0 Å². The number of aliphatic hydroxyl groups excluding tert-OH is 1. The smallest absolute Gasteiger partial charge is 0.161 e. The van der Waals surface area contributed by atoms with Crippen LogP contribution in [0, 0.1) is 0 Å². The molecule has 1 aromatic heterocycles. The number of nitrogens with zero attached hydrogens (tertiary/aromatic N) is 3. The van der Waals surface area contributed by atoms with Crippen LogP contribution in [0.3, 0.4) is 0 Å². The number of morpholine rings is 1. The van der Waals surface area contributed by atoms with E-state index in [1.165, 1.54) is 19.3 Å². The fourth-order valence-electron chi connectivity index (χ4n) is 3.39. The molecule has 2 fully saturated rings. The topological polar surface area (TPSA) is 70.5 Å². The van der Waals surface area contributed by atoms with E-state index < -0.39 is 0 Å². The molecule has 1 aliphatic carbocycles. The van der Waals surface area contributed by atoms with Crippen molar-refractivity contribution in [1.29, 1.82) is 0 Å². The Bertz CT molecular complexity index is 762. The van der Waals surface area contributed by atoms with Crippen LogP contribution in [0.4, 0.5) is 11.5 Å². The standard InChI is InChI=1S/C21H28N4O2S/c26-10-13-28-15-19-14-20(25-8-11-27-12-9-25)24-21(23-19)16-4-6-18(7-5-16)22-17-2-1-3-17/h4-7,14,17,22,26H,1-3,8-13,15H2. The summed E-state index contributed by atoms with van der Waals surface area (Å²) in [7, 11) is 0. The Morgan fingerprint density at radius 1 is 1.14 bits per heavy atom. The molecule has 7 heteroatoms. The summed E-state index contributed by atoms with van der Waals surface area (Å²) in [5.41, 5.74) is 3.20. The van der Waals surface area contributed by atoms with E-state index in [9.17, 15) is 0 Å². The van der Waals surface area contributed by atoms with Crippen molar-refractivity contribution in [1.82, 2.24) is 9.97 Å². The van der Waals surface area contributed by atoms with Gasteiger partial charge in [-0.25, -0.2) is 9.97 Å². The summed E-state index contributed by atoms with van der Waals surface area (Å²) < 4.78 is 5.48. The molecule has 1 aromatic carbocycles. The molecule has 1 saturated carbocycles. The molecular weight excluding hydrogens is 372 g/mol. The molecule has 0 atom stereocenters. The highest BCUT2D eigenvalue weighted by molar-refractivity contribution is 7.98. The monoisotopic (exact) mass is 400 g/mol. The largest absolute Gasteiger partial charge is 0.396 e. The van der Waals surface area contributed by atoms with Gasteiger partial charge in [0.25, 0.3) is 0 Å². The molecule has 2 aromatic rings. The summed E-state index contributed by atoms with van der Waals surface area (Å²) in [6.45, 7) is 3.35. The van der Waals surface area contributed by atoms with E-state index in [1.807, 2.05) is 0 Å². The second-order valence-electron chi connectivity index (χ2n) is 7.27. The van der Waals surface area contributed by atoms with E-state index >= 15 is 0 Å². The van der Waals surface area contributed by atoms with E-state index in [2.05, 4.69) is 40.5 Å². The van der Waals surface area contributed by atoms with Crippen molar-refractivity contribution in [2.75, 3.05) is 48.9 Å². The Morgan fingerprint density at radius 3 is 2.61 bits per heavy atom. The average Bonchev–Trinajstić information content (AvgIpc) is 2.72. The molecule has 0 unspecified atom stereocenters. The molecule has 28 heavy (non-hydrogen) atoms. The number of hydrogen-bond acceptors (Lipinski definition) is 7. The summed E-state index contributed by atoms with van der Waals surface area (Å²) >= 11 is 1.69. The van der Waals surface area contributed by atoms with Crippen LogP contribution in [0.25, 0.3) is 11.4 Å². The van der Waals surface area contributed by atoms with Gasteiger partial charge in [0.15, 0.2) is 5.82 Å². The number of hydrogen-bond donors (Lipinski definition) is 2. The van der Waals surface area contributed by atoms with Crippen molar-refractivity contribution in [3.05, 3.63) is 36.0 Å². The van der Waals surface area contributed by atoms with Crippen LogP contribution < -0.4 is 10.2 Å². The molecule has 0 spiro atoms. The lowest BCUT2D eigenvalue weighted by Gasteiger charge is -2.28. The third-order valence-corrected chi connectivity index (χ3v) is 6.18. The first-order chi connectivity index (χ1) is 13.8. The van der Waals surface area contributed by atoms with Crippen molar-refractivity contribution in [3.8, 4) is 11.4 Å². The van der Waals surface area contributed by atoms with Crippen LogP contribution in [0.15, 0.2) is 30.3 Å². The van der Waals surface area contributed by atoms with Gasteiger partial charge in [0.1, 0.15) is 5.82 Å². The van der Waals surface area contributed by atoms with Gasteiger partial charge in [-0.3, -0.25) is 0 Å². The van der Waals surface area contributed by atoms with Gasteiger partial charge in [-0.2, -0.15) is 11.8 Å². The average molecular weight is 401 g/mol. The Hall–Kier alpha value is -1.83. The summed E-state index contributed by atoms with van der Waals surface area (Å²) in [5, 5.41) is 12.6. The summed E-state index contributed by atoms with van der Waals surface area (Å²) in [6, 6.07) is 11.2. The fraction of sp³-hybridized carbons (Fsp3) is 0.524. The Kier molecular flexibility index (Phi) is 6.67. The molecule has 1 aliphatic heterocycles. The first-order valence-corrected chi connectivity index (χ1v) is 11.2. The molecule has 2 aliphatic rings. The van der Waals surface area contributed by atoms with Crippen LogP contribution in [-0.2, 0) is 10.5 Å². The maximum absolute atomic E-state index is 9.06. The molecule has 0 amide bonds. The zero-order valence-electron chi connectivity index (χ0n) is 16.1. The lowest BCUT2D eigenvalue weighted by atomic mass is 9.93. The van der Waals surface area contributed by atoms with Gasteiger partial charge in [0.2, 0.25) is 0 Å². The first kappa shape index (κ1) is 19.5. The molecule has 0 radical (unpaired) electrons. The number of ether oxygens (including phenoxy) is 1. The van der Waals surface area contributed by atoms with Crippen LogP contribution in [-0.4, -0.2) is 59.8 Å². The molecule has 0 bridgehead atoms. The van der Waals surface area contributed by atoms with E-state index in [0.29, 0.717) is 11.8 Å². The van der Waals surface area contributed by atoms with Gasteiger partial charge >= 0.3 is 0 Å². The van der Waals surface area contributed by atoms with E-state index in [1.54, 1.807) is 11.8 Å². The van der Waals surface area contributed by atoms with Crippen molar-refractivity contribution in [2.45, 2.75) is 31.1 Å². The maximum atomic E-state index is 9.06. The minimum Gasteiger partial charge on any atom is -0.396 e. The second-order valence-corrected chi connectivity index (χ2v) is 8.37. The summed E-state index contributed by atoms with van der Waals surface area (Å²) in [5.74, 6) is 3.21. The fourth-order valence-corrected chi connectivity index (χ4v) is 4.02. The van der Waals surface area contributed by atoms with Crippen LogP contribution >= 0.6 is 11.8 Å². The van der Waals surface area contributed by atoms with Crippen molar-refractivity contribution >= 4 is 23.3 Å². The van der Waals surface area contributed by atoms with Crippen LogP contribution in [0.1, 0.15) is 25.0 Å². The van der Waals surface area contributed by atoms with Gasteiger partial charge in [-0.05, 0) is 43.5 Å². The molecule has 2 heterocycles. The maximum Gasteiger partial charge on any atom is 0.161 e. The van der Waals surface area contributed by atoms with E-state index in [-0.39, 0.29) is 6.61 Å². The summed E-state index contributed by atoms with van der Waals surface area (Å²) in [4.78, 5) is 11.9. The zero-order chi connectivity index (χ0) is 19.2. The van der Waals surface area contributed by atoms with Gasteiger partial charge in [-0.1, -0.05) is 0 Å². The Labute approximate surface area is 170 Å². The Morgan fingerprint density at radius 2 is 1.93 bits per heavy atom. The first-order valence-electron chi connectivity index (χ1n) is 10.1. The third-order valence-electron chi connectivity index (χ3n) is 5.21. The Balaban J connectivity index is 1.55. The highest BCUT2D eigenvalue weighted by Crippen LogP contribution is 2.26. The molecule has 2 N–H and O–H groups in total. The number of aliphatic hydroxyl groups is 1. The third kappa shape index (κ3) is 4.96. The summed E-state index contributed by atoms with van der Waals surface area (Å²) in [6.07, 6.45) is 3.86.